The number of rotatable bonds is 10. The number of nitrogens with zero attached hydrogens (tertiary/aromatic N) is 3. The zero-order valence-electron chi connectivity index (χ0n) is 19.5. The normalized spacial score (nSPS) is 12.9. The minimum absolute atomic E-state index is 0.0723. The van der Waals surface area contributed by atoms with Crippen molar-refractivity contribution in [3.63, 3.8) is 0 Å². The zero-order valence-corrected chi connectivity index (χ0v) is 21.1. The van der Waals surface area contributed by atoms with E-state index < -0.39 is 10.0 Å². The second kappa shape index (κ2) is 10.7. The number of nitrogens with one attached hydrogen (secondary N) is 1. The van der Waals surface area contributed by atoms with Crippen molar-refractivity contribution in [3.05, 3.63) is 58.9 Å². The van der Waals surface area contributed by atoms with Crippen molar-refractivity contribution in [2.75, 3.05) is 13.1 Å². The Balaban J connectivity index is 1.76. The highest BCUT2D eigenvalue weighted by Gasteiger charge is 2.23. The molecular weight excluding hydrogens is 460 g/mol. The lowest BCUT2D eigenvalue weighted by molar-refractivity contribution is -0.121. The Bertz CT molecular complexity index is 1220. The van der Waals surface area contributed by atoms with Gasteiger partial charge in [0.1, 0.15) is 5.82 Å². The summed E-state index contributed by atoms with van der Waals surface area (Å²) >= 11 is 5.93. The van der Waals surface area contributed by atoms with Gasteiger partial charge in [0, 0.05) is 37.5 Å². The van der Waals surface area contributed by atoms with Crippen molar-refractivity contribution in [1.29, 1.82) is 0 Å². The Kier molecular flexibility index (Phi) is 8.15. The third-order valence-corrected chi connectivity index (χ3v) is 8.08. The summed E-state index contributed by atoms with van der Waals surface area (Å²) < 4.78 is 29.2. The monoisotopic (exact) mass is 490 g/mol. The Morgan fingerprint density at radius 2 is 1.79 bits per heavy atom. The zero-order chi connectivity index (χ0) is 24.2. The number of carbonyl (C=O) groups is 1. The van der Waals surface area contributed by atoms with Crippen LogP contribution in [0.25, 0.3) is 11.0 Å². The van der Waals surface area contributed by atoms with E-state index in [9.17, 15) is 13.2 Å². The van der Waals surface area contributed by atoms with Crippen LogP contribution in [0.2, 0.25) is 5.02 Å². The van der Waals surface area contributed by atoms with Gasteiger partial charge in [0.25, 0.3) is 0 Å². The number of halogens is 1. The molecule has 0 aliphatic heterocycles. The highest BCUT2D eigenvalue weighted by molar-refractivity contribution is 7.89. The molecule has 1 aromatic heterocycles. The van der Waals surface area contributed by atoms with Crippen LogP contribution >= 0.6 is 11.6 Å². The van der Waals surface area contributed by atoms with E-state index in [1.54, 1.807) is 30.3 Å². The number of sulfonamides is 1. The van der Waals surface area contributed by atoms with Crippen molar-refractivity contribution in [2.45, 2.75) is 58.0 Å². The molecule has 2 aromatic carbocycles. The van der Waals surface area contributed by atoms with Crippen molar-refractivity contribution in [1.82, 2.24) is 19.2 Å². The van der Waals surface area contributed by atoms with Gasteiger partial charge in [-0.05, 0) is 49.7 Å². The van der Waals surface area contributed by atoms with Crippen LogP contribution in [-0.4, -0.2) is 41.3 Å². The second-order valence-corrected chi connectivity index (χ2v) is 10.2. The van der Waals surface area contributed by atoms with Crippen LogP contribution in [0.5, 0.6) is 0 Å². The summed E-state index contributed by atoms with van der Waals surface area (Å²) in [6.07, 6.45) is 0.742. The van der Waals surface area contributed by atoms with E-state index in [1.165, 1.54) is 4.31 Å². The fraction of sp³-hybridized carbons (Fsp3) is 0.417. The summed E-state index contributed by atoms with van der Waals surface area (Å²) in [5, 5.41) is 3.66. The number of hydrogen-bond acceptors (Lipinski definition) is 4. The summed E-state index contributed by atoms with van der Waals surface area (Å²) in [6.45, 7) is 9.08. The van der Waals surface area contributed by atoms with Crippen LogP contribution in [0.1, 0.15) is 51.5 Å². The van der Waals surface area contributed by atoms with Gasteiger partial charge in [0.2, 0.25) is 15.9 Å². The Morgan fingerprint density at radius 1 is 1.12 bits per heavy atom. The Labute approximate surface area is 200 Å². The average molecular weight is 491 g/mol. The molecule has 0 radical (unpaired) electrons. The van der Waals surface area contributed by atoms with Gasteiger partial charge in [-0.25, -0.2) is 13.4 Å². The Morgan fingerprint density at radius 3 is 2.39 bits per heavy atom. The van der Waals surface area contributed by atoms with Crippen LogP contribution < -0.4 is 5.32 Å². The SMILES string of the molecule is CCN(CC)S(=O)(=O)c1ccc2c(c1)nc(CCC(=O)NC(C)c1ccc(Cl)cc1)n2CC. The maximum atomic E-state index is 12.9. The molecule has 33 heavy (non-hydrogen) atoms. The minimum atomic E-state index is -3.56. The van der Waals surface area contributed by atoms with Gasteiger partial charge >= 0.3 is 0 Å². The van der Waals surface area contributed by atoms with Crippen molar-refractivity contribution < 1.29 is 13.2 Å². The first-order valence-electron chi connectivity index (χ1n) is 11.2. The average Bonchev–Trinajstić information content (AvgIpc) is 3.15. The molecule has 3 aromatic rings. The van der Waals surface area contributed by atoms with E-state index in [-0.39, 0.29) is 23.3 Å². The van der Waals surface area contributed by atoms with Gasteiger partial charge in [0.05, 0.1) is 22.0 Å². The number of amides is 1. The topological polar surface area (TPSA) is 84.3 Å². The number of imidazole rings is 1. The van der Waals surface area contributed by atoms with Crippen molar-refractivity contribution in [3.8, 4) is 0 Å². The van der Waals surface area contributed by atoms with E-state index in [0.29, 0.717) is 36.6 Å². The lowest BCUT2D eigenvalue weighted by atomic mass is 10.1. The van der Waals surface area contributed by atoms with Gasteiger partial charge in [-0.2, -0.15) is 4.31 Å². The number of aryl methyl sites for hydroxylation is 2. The third kappa shape index (κ3) is 5.57. The molecular formula is C24H31ClN4O3S. The van der Waals surface area contributed by atoms with Crippen molar-refractivity contribution >= 4 is 38.6 Å². The summed E-state index contributed by atoms with van der Waals surface area (Å²) in [4.78, 5) is 17.5. The maximum absolute atomic E-state index is 12.9. The molecule has 0 saturated carbocycles. The fourth-order valence-corrected chi connectivity index (χ4v) is 5.55. The van der Waals surface area contributed by atoms with Crippen LogP contribution in [0.4, 0.5) is 0 Å². The minimum Gasteiger partial charge on any atom is -0.350 e. The molecule has 1 unspecified atom stereocenters. The molecule has 1 N–H and O–H groups in total. The van der Waals surface area contributed by atoms with Crippen LogP contribution in [0, 0.1) is 0 Å². The summed E-state index contributed by atoms with van der Waals surface area (Å²) in [7, 11) is -3.56. The first-order chi connectivity index (χ1) is 15.7. The molecule has 0 bridgehead atoms. The highest BCUT2D eigenvalue weighted by atomic mass is 35.5. The van der Waals surface area contributed by atoms with E-state index in [0.717, 1.165) is 16.9 Å². The molecule has 1 amide bonds. The van der Waals surface area contributed by atoms with Gasteiger partial charge in [-0.3, -0.25) is 4.79 Å². The number of fused-ring (bicyclic) bond motifs is 1. The number of carbonyl (C=O) groups excluding carboxylic acids is 1. The largest absolute Gasteiger partial charge is 0.350 e. The summed E-state index contributed by atoms with van der Waals surface area (Å²) in [5.74, 6) is 0.691. The van der Waals surface area contributed by atoms with E-state index in [1.807, 2.05) is 44.4 Å². The van der Waals surface area contributed by atoms with Gasteiger partial charge in [0.15, 0.2) is 0 Å². The molecule has 0 fully saturated rings. The summed E-state index contributed by atoms with van der Waals surface area (Å²) in [5.41, 5.74) is 2.46. The first kappa shape index (κ1) is 25.2. The maximum Gasteiger partial charge on any atom is 0.243 e. The van der Waals surface area contributed by atoms with Crippen LogP contribution in [0.15, 0.2) is 47.4 Å². The van der Waals surface area contributed by atoms with Gasteiger partial charge < -0.3 is 9.88 Å². The first-order valence-corrected chi connectivity index (χ1v) is 13.1. The molecule has 9 heteroatoms. The fourth-order valence-electron chi connectivity index (χ4n) is 3.95. The number of hydrogen-bond donors (Lipinski definition) is 1. The lowest BCUT2D eigenvalue weighted by Crippen LogP contribution is -2.30. The van der Waals surface area contributed by atoms with Gasteiger partial charge in [-0.15, -0.1) is 0 Å². The third-order valence-electron chi connectivity index (χ3n) is 5.78. The predicted molar refractivity (Wildman–Crippen MR) is 132 cm³/mol. The van der Waals surface area contributed by atoms with Crippen molar-refractivity contribution in [2.24, 2.45) is 0 Å². The number of benzene rings is 2. The van der Waals surface area contributed by atoms with E-state index in [2.05, 4.69) is 10.3 Å². The molecule has 7 nitrogen and oxygen atoms in total. The van der Waals surface area contributed by atoms with Gasteiger partial charge in [-0.1, -0.05) is 37.6 Å². The van der Waals surface area contributed by atoms with Crippen LogP contribution in [0.3, 0.4) is 0 Å². The van der Waals surface area contributed by atoms with E-state index in [4.69, 9.17) is 11.6 Å². The molecule has 0 spiro atoms. The van der Waals surface area contributed by atoms with Crippen LogP contribution in [-0.2, 0) is 27.8 Å². The molecule has 1 heterocycles. The second-order valence-electron chi connectivity index (χ2n) is 7.85. The molecule has 0 aliphatic rings. The smallest absolute Gasteiger partial charge is 0.243 e. The molecule has 1 atom stereocenters. The van der Waals surface area contributed by atoms with E-state index >= 15 is 0 Å². The lowest BCUT2D eigenvalue weighted by Gasteiger charge is -2.18. The highest BCUT2D eigenvalue weighted by Crippen LogP contribution is 2.24. The summed E-state index contributed by atoms with van der Waals surface area (Å²) in [6, 6.07) is 12.3. The molecule has 0 saturated heterocycles. The Hall–Kier alpha value is -2.42. The predicted octanol–water partition coefficient (Wildman–Crippen LogP) is 4.55. The molecule has 0 aliphatic carbocycles. The molecule has 178 valence electrons. The number of aromatic nitrogens is 2. The standard InChI is InChI=1S/C24H31ClN4O3S/c1-5-28(6-2)33(31,32)20-12-13-22-21(16-20)27-23(29(22)7-3)14-15-24(30)26-17(4)18-8-10-19(25)11-9-18/h8-13,16-17H,5-7,14-15H2,1-4H3,(H,26,30). The quantitative estimate of drug-likeness (QED) is 0.452. The molecule has 3 rings (SSSR count).